The van der Waals surface area contributed by atoms with E-state index in [0.29, 0.717) is 29.7 Å². The predicted octanol–water partition coefficient (Wildman–Crippen LogP) is 5.11. The maximum absolute atomic E-state index is 6.27. The number of nitrogens with one attached hydrogen (secondary N) is 2. The Bertz CT molecular complexity index is 1250. The van der Waals surface area contributed by atoms with Crippen LogP contribution in [0.5, 0.6) is 0 Å². The fourth-order valence-electron chi connectivity index (χ4n) is 4.41. The zero-order chi connectivity index (χ0) is 21.6. The molecule has 0 unspecified atom stereocenters. The fraction of sp³-hybridized carbons (Fsp3) is 0.417. The first kappa shape index (κ1) is 19.7. The molecular formula is C24H28N6O. The van der Waals surface area contributed by atoms with Crippen molar-refractivity contribution in [1.29, 1.82) is 0 Å². The third kappa shape index (κ3) is 3.69. The predicted molar refractivity (Wildman–Crippen MR) is 123 cm³/mol. The molecule has 0 radical (unpaired) electrons. The van der Waals surface area contributed by atoms with E-state index in [-0.39, 0.29) is 5.41 Å². The number of rotatable bonds is 5. The highest BCUT2D eigenvalue weighted by Crippen LogP contribution is 2.43. The lowest BCUT2D eigenvalue weighted by atomic mass is 9.74. The molecule has 4 heterocycles. The fourth-order valence-corrected chi connectivity index (χ4v) is 4.41. The Kier molecular flexibility index (Phi) is 4.76. The Morgan fingerprint density at radius 2 is 2.03 bits per heavy atom. The minimum atomic E-state index is 0.231. The second-order valence-corrected chi connectivity index (χ2v) is 9.45. The average Bonchev–Trinajstić information content (AvgIpc) is 3.11. The zero-order valence-electron chi connectivity index (χ0n) is 18.5. The number of hydrogen-bond donors (Lipinski definition) is 2. The Labute approximate surface area is 181 Å². The van der Waals surface area contributed by atoms with Gasteiger partial charge in [-0.25, -0.2) is 9.97 Å². The molecule has 0 aromatic carbocycles. The van der Waals surface area contributed by atoms with Gasteiger partial charge < -0.3 is 15.1 Å². The van der Waals surface area contributed by atoms with Crippen molar-refractivity contribution in [3.63, 3.8) is 0 Å². The molecule has 7 heteroatoms. The number of furan rings is 1. The van der Waals surface area contributed by atoms with Crippen LogP contribution in [0, 0.1) is 5.41 Å². The van der Waals surface area contributed by atoms with Crippen LogP contribution in [0.1, 0.15) is 50.8 Å². The molecular weight excluding hydrogens is 388 g/mol. The van der Waals surface area contributed by atoms with Crippen molar-refractivity contribution in [3.05, 3.63) is 47.5 Å². The summed E-state index contributed by atoms with van der Waals surface area (Å²) in [7, 11) is 0. The highest BCUT2D eigenvalue weighted by Gasteiger charge is 2.31. The number of nitrogens with zero attached hydrogens (tertiary/aromatic N) is 4. The van der Waals surface area contributed by atoms with Gasteiger partial charge in [-0.1, -0.05) is 19.9 Å². The second kappa shape index (κ2) is 7.48. The van der Waals surface area contributed by atoms with Gasteiger partial charge in [0.25, 0.3) is 0 Å². The van der Waals surface area contributed by atoms with Crippen LogP contribution in [0.4, 0.5) is 11.6 Å². The van der Waals surface area contributed by atoms with Crippen molar-refractivity contribution in [2.75, 3.05) is 10.6 Å². The van der Waals surface area contributed by atoms with Gasteiger partial charge >= 0.3 is 0 Å². The minimum Gasteiger partial charge on any atom is -0.432 e. The monoisotopic (exact) mass is 416 g/mol. The van der Waals surface area contributed by atoms with Crippen LogP contribution in [0.15, 0.2) is 35.3 Å². The van der Waals surface area contributed by atoms with Gasteiger partial charge in [0.15, 0.2) is 11.4 Å². The molecule has 4 aromatic rings. The molecule has 7 nitrogen and oxygen atoms in total. The van der Waals surface area contributed by atoms with Gasteiger partial charge in [-0.05, 0) is 61.3 Å². The van der Waals surface area contributed by atoms with E-state index in [1.165, 1.54) is 11.1 Å². The van der Waals surface area contributed by atoms with E-state index in [1.54, 1.807) is 12.5 Å². The number of pyridine rings is 2. The lowest BCUT2D eigenvalue weighted by Crippen LogP contribution is -2.24. The first-order chi connectivity index (χ1) is 14.9. The molecule has 1 aliphatic carbocycles. The number of aromatic nitrogens is 4. The molecule has 0 fully saturated rings. The summed E-state index contributed by atoms with van der Waals surface area (Å²) < 4.78 is 6.27. The maximum Gasteiger partial charge on any atom is 0.231 e. The largest absolute Gasteiger partial charge is 0.432 e. The van der Waals surface area contributed by atoms with Gasteiger partial charge in [0.2, 0.25) is 5.71 Å². The van der Waals surface area contributed by atoms with E-state index in [1.807, 2.05) is 18.3 Å². The van der Waals surface area contributed by atoms with Crippen LogP contribution in [-0.4, -0.2) is 26.0 Å². The maximum atomic E-state index is 6.27. The summed E-state index contributed by atoms with van der Waals surface area (Å²) in [6.45, 7) is 9.53. The molecule has 0 atom stereocenters. The van der Waals surface area contributed by atoms with Crippen LogP contribution >= 0.6 is 0 Å². The van der Waals surface area contributed by atoms with E-state index in [9.17, 15) is 0 Å². The Hall–Kier alpha value is -3.22. The Morgan fingerprint density at radius 1 is 1.16 bits per heavy atom. The van der Waals surface area contributed by atoms with E-state index < -0.39 is 0 Å². The van der Waals surface area contributed by atoms with Crippen LogP contribution in [0.3, 0.4) is 0 Å². The van der Waals surface area contributed by atoms with Gasteiger partial charge in [-0.15, -0.1) is 0 Å². The van der Waals surface area contributed by atoms with E-state index in [4.69, 9.17) is 9.40 Å². The molecule has 0 bridgehead atoms. The lowest BCUT2D eigenvalue weighted by Gasteiger charge is -2.32. The molecule has 0 saturated carbocycles. The third-order valence-electron chi connectivity index (χ3n) is 5.93. The van der Waals surface area contributed by atoms with Gasteiger partial charge in [0, 0.05) is 25.0 Å². The van der Waals surface area contributed by atoms with Gasteiger partial charge in [0.05, 0.1) is 5.39 Å². The van der Waals surface area contributed by atoms with E-state index in [0.717, 1.165) is 41.5 Å². The van der Waals surface area contributed by atoms with Crippen molar-refractivity contribution in [2.24, 2.45) is 5.41 Å². The molecule has 160 valence electrons. The first-order valence-corrected chi connectivity index (χ1v) is 10.9. The van der Waals surface area contributed by atoms with Crippen LogP contribution < -0.4 is 10.6 Å². The van der Waals surface area contributed by atoms with Crippen LogP contribution in [-0.2, 0) is 19.4 Å². The normalized spacial score (nSPS) is 15.4. The first-order valence-electron chi connectivity index (χ1n) is 10.9. The third-order valence-corrected chi connectivity index (χ3v) is 5.93. The SMILES string of the molecule is CC(C)Nc1nc2oc3c(NCc4cccnc4)ncnc3c2c2c1CCC(C)(C)C2. The molecule has 2 N–H and O–H groups in total. The summed E-state index contributed by atoms with van der Waals surface area (Å²) in [5.74, 6) is 1.61. The van der Waals surface area contributed by atoms with Crippen LogP contribution in [0.2, 0.25) is 0 Å². The summed E-state index contributed by atoms with van der Waals surface area (Å²) in [6, 6.07) is 4.25. The smallest absolute Gasteiger partial charge is 0.231 e. The van der Waals surface area contributed by atoms with Crippen molar-refractivity contribution < 1.29 is 4.42 Å². The molecule has 1 aliphatic rings. The van der Waals surface area contributed by atoms with Crippen molar-refractivity contribution in [2.45, 2.75) is 59.5 Å². The summed E-state index contributed by atoms with van der Waals surface area (Å²) in [4.78, 5) is 18.1. The summed E-state index contributed by atoms with van der Waals surface area (Å²) in [5, 5.41) is 7.93. The van der Waals surface area contributed by atoms with E-state index in [2.05, 4.69) is 53.3 Å². The molecule has 5 rings (SSSR count). The quantitative estimate of drug-likeness (QED) is 0.467. The molecule has 4 aromatic heterocycles. The van der Waals surface area contributed by atoms with Gasteiger partial charge in [-0.3, -0.25) is 4.98 Å². The summed E-state index contributed by atoms with van der Waals surface area (Å²) in [5.41, 5.74) is 6.02. The van der Waals surface area contributed by atoms with Crippen molar-refractivity contribution in [3.8, 4) is 0 Å². The average molecular weight is 417 g/mol. The summed E-state index contributed by atoms with van der Waals surface area (Å²) >= 11 is 0. The van der Waals surface area contributed by atoms with Gasteiger partial charge in [0.1, 0.15) is 17.7 Å². The number of fused-ring (bicyclic) bond motifs is 5. The highest BCUT2D eigenvalue weighted by molar-refractivity contribution is 6.07. The molecule has 0 spiro atoms. The van der Waals surface area contributed by atoms with Crippen molar-refractivity contribution in [1.82, 2.24) is 19.9 Å². The standard InChI is InChI=1S/C24H28N6O/c1-14(2)29-21-16-7-8-24(3,4)10-17(16)18-19-20(31-23(18)30-21)22(28-13-27-19)26-12-15-6-5-9-25-11-15/h5-6,9,11,13-14H,7-8,10,12H2,1-4H3,(H,29,30)(H,26,27,28). The molecule has 31 heavy (non-hydrogen) atoms. The molecule has 0 amide bonds. The molecule has 0 aliphatic heterocycles. The van der Waals surface area contributed by atoms with E-state index >= 15 is 0 Å². The number of anilines is 2. The highest BCUT2D eigenvalue weighted by atomic mass is 16.3. The van der Waals surface area contributed by atoms with Crippen molar-refractivity contribution >= 4 is 33.8 Å². The lowest BCUT2D eigenvalue weighted by molar-refractivity contribution is 0.317. The molecule has 0 saturated heterocycles. The Balaban J connectivity index is 1.65. The Morgan fingerprint density at radius 3 is 2.81 bits per heavy atom. The van der Waals surface area contributed by atoms with Crippen LogP contribution in [0.25, 0.3) is 22.2 Å². The zero-order valence-corrected chi connectivity index (χ0v) is 18.5. The second-order valence-electron chi connectivity index (χ2n) is 9.45. The number of hydrogen-bond acceptors (Lipinski definition) is 7. The van der Waals surface area contributed by atoms with Gasteiger partial charge in [-0.2, -0.15) is 4.98 Å². The summed E-state index contributed by atoms with van der Waals surface area (Å²) in [6.07, 6.45) is 8.33. The minimum absolute atomic E-state index is 0.231. The topological polar surface area (TPSA) is 88.8 Å².